The van der Waals surface area contributed by atoms with E-state index in [1.807, 2.05) is 0 Å². The molecule has 1 saturated carbocycles. The van der Waals surface area contributed by atoms with Crippen LogP contribution in [0.1, 0.15) is 38.5 Å². The van der Waals surface area contributed by atoms with Crippen LogP contribution in [0.25, 0.3) is 0 Å². The van der Waals surface area contributed by atoms with E-state index >= 15 is 0 Å². The van der Waals surface area contributed by atoms with Gasteiger partial charge in [-0.15, -0.1) is 0 Å². The Bertz CT molecular complexity index is 139. The first-order valence-electron chi connectivity index (χ1n) is 4.29. The third-order valence-corrected chi connectivity index (χ3v) is 4.67. The zero-order valence-electron chi connectivity index (χ0n) is 6.21. The monoisotopic (exact) mass is 158 g/mol. The van der Waals surface area contributed by atoms with E-state index in [0.717, 1.165) is 0 Å². The molecule has 0 aromatic rings. The topological polar surface area (TPSA) is 17.1 Å². The van der Waals surface area contributed by atoms with Crippen LogP contribution >= 0.6 is 0 Å². The lowest BCUT2D eigenvalue weighted by Crippen LogP contribution is -1.97. The van der Waals surface area contributed by atoms with Crippen LogP contribution in [0.2, 0.25) is 0 Å². The summed E-state index contributed by atoms with van der Waals surface area (Å²) in [6.45, 7) is 0. The third kappa shape index (κ3) is 1.14. The van der Waals surface area contributed by atoms with E-state index in [1.54, 1.807) is 0 Å². The van der Waals surface area contributed by atoms with Crippen LogP contribution < -0.4 is 0 Å². The highest BCUT2D eigenvalue weighted by molar-refractivity contribution is 7.93. The fraction of sp³-hybridized carbons (Fsp3) is 1.00. The fourth-order valence-electron chi connectivity index (χ4n) is 1.93. The summed E-state index contributed by atoms with van der Waals surface area (Å²) >= 11 is 0. The predicted octanol–water partition coefficient (Wildman–Crippen LogP) is 1.84. The zero-order chi connectivity index (χ0) is 6.97. The SMILES string of the molecule is O=S1[C@@H]2CCCCCC[C@H]21. The van der Waals surface area contributed by atoms with Gasteiger partial charge in [0.05, 0.1) is 0 Å². The minimum absolute atomic E-state index is 0.396. The van der Waals surface area contributed by atoms with E-state index in [-0.39, 0.29) is 0 Å². The summed E-state index contributed by atoms with van der Waals surface area (Å²) in [7, 11) is -0.396. The Morgan fingerprint density at radius 2 is 1.40 bits per heavy atom. The van der Waals surface area contributed by atoms with Crippen LogP contribution in [-0.2, 0) is 10.8 Å². The van der Waals surface area contributed by atoms with Crippen LogP contribution in [0, 0.1) is 0 Å². The molecule has 2 fully saturated rings. The van der Waals surface area contributed by atoms with Crippen molar-refractivity contribution in [2.45, 2.75) is 49.0 Å². The molecule has 1 nitrogen and oxygen atoms in total. The molecule has 0 aromatic carbocycles. The molecule has 0 N–H and O–H groups in total. The molecule has 1 aliphatic carbocycles. The molecule has 0 unspecified atom stereocenters. The molecule has 2 heteroatoms. The van der Waals surface area contributed by atoms with E-state index in [1.165, 1.54) is 38.5 Å². The molecular weight excluding hydrogens is 144 g/mol. The molecule has 0 aromatic heterocycles. The van der Waals surface area contributed by atoms with Gasteiger partial charge in [0.1, 0.15) is 0 Å². The summed E-state index contributed by atoms with van der Waals surface area (Å²) in [5, 5.41) is 1.25. The standard InChI is InChI=1S/C8H14OS/c9-10-7-5-3-1-2-4-6-8(7)10/h7-8H,1-6H2/t7-,8-/m1/s1. The molecule has 0 amide bonds. The average molecular weight is 158 g/mol. The van der Waals surface area contributed by atoms with Crippen molar-refractivity contribution in [3.8, 4) is 0 Å². The highest BCUT2D eigenvalue weighted by Gasteiger charge is 2.46. The Hall–Kier alpha value is 0.150. The first-order chi connectivity index (χ1) is 4.89. The van der Waals surface area contributed by atoms with Gasteiger partial charge in [0.2, 0.25) is 0 Å². The minimum atomic E-state index is -0.396. The molecule has 1 heterocycles. The Labute approximate surface area is 64.7 Å². The maximum Gasteiger partial charge on any atom is 0.0494 e. The van der Waals surface area contributed by atoms with Gasteiger partial charge in [0.15, 0.2) is 0 Å². The number of rotatable bonds is 0. The number of hydrogen-bond donors (Lipinski definition) is 0. The minimum Gasteiger partial charge on any atom is -0.259 e. The average Bonchev–Trinajstić information content (AvgIpc) is 2.39. The van der Waals surface area contributed by atoms with Crippen molar-refractivity contribution < 1.29 is 4.21 Å². The second-order valence-corrected chi connectivity index (χ2v) is 5.27. The molecule has 1 saturated heterocycles. The molecular formula is C8H14OS. The molecule has 2 atom stereocenters. The first-order valence-corrected chi connectivity index (χ1v) is 5.56. The van der Waals surface area contributed by atoms with E-state index < -0.39 is 10.8 Å². The van der Waals surface area contributed by atoms with Crippen molar-refractivity contribution >= 4 is 10.8 Å². The quantitative estimate of drug-likeness (QED) is 0.492. The Morgan fingerprint density at radius 1 is 0.900 bits per heavy atom. The van der Waals surface area contributed by atoms with Crippen molar-refractivity contribution in [2.75, 3.05) is 0 Å². The van der Waals surface area contributed by atoms with Gasteiger partial charge >= 0.3 is 0 Å². The molecule has 1 aliphatic heterocycles. The maximum absolute atomic E-state index is 11.1. The van der Waals surface area contributed by atoms with Crippen molar-refractivity contribution in [3.63, 3.8) is 0 Å². The molecule has 0 bridgehead atoms. The van der Waals surface area contributed by atoms with Gasteiger partial charge in [0.25, 0.3) is 0 Å². The summed E-state index contributed by atoms with van der Waals surface area (Å²) in [6.07, 6.45) is 7.90. The van der Waals surface area contributed by atoms with Crippen LogP contribution in [0.5, 0.6) is 0 Å². The van der Waals surface area contributed by atoms with Crippen LogP contribution in [-0.4, -0.2) is 14.7 Å². The van der Waals surface area contributed by atoms with Gasteiger partial charge in [-0.1, -0.05) is 25.7 Å². The van der Waals surface area contributed by atoms with Gasteiger partial charge in [-0.05, 0) is 12.8 Å². The number of fused-ring (bicyclic) bond motifs is 1. The molecule has 0 radical (unpaired) electrons. The van der Waals surface area contributed by atoms with Crippen molar-refractivity contribution in [1.29, 1.82) is 0 Å². The van der Waals surface area contributed by atoms with Crippen LogP contribution in [0.3, 0.4) is 0 Å². The second kappa shape index (κ2) is 2.65. The molecule has 10 heavy (non-hydrogen) atoms. The zero-order valence-corrected chi connectivity index (χ0v) is 7.03. The summed E-state index contributed by atoms with van der Waals surface area (Å²) in [5.74, 6) is 0. The van der Waals surface area contributed by atoms with Gasteiger partial charge < -0.3 is 0 Å². The lowest BCUT2D eigenvalue weighted by molar-refractivity contribution is 0.551. The lowest BCUT2D eigenvalue weighted by Gasteiger charge is -2.02. The fourth-order valence-corrected chi connectivity index (χ4v) is 3.70. The smallest absolute Gasteiger partial charge is 0.0494 e. The highest BCUT2D eigenvalue weighted by Crippen LogP contribution is 2.37. The molecule has 58 valence electrons. The molecule has 2 rings (SSSR count). The summed E-state index contributed by atoms with van der Waals surface area (Å²) in [5.41, 5.74) is 0. The van der Waals surface area contributed by atoms with Gasteiger partial charge in [-0.3, -0.25) is 4.21 Å². The summed E-state index contributed by atoms with van der Waals surface area (Å²) in [4.78, 5) is 0. The Kier molecular flexibility index (Phi) is 1.81. The molecule has 0 spiro atoms. The van der Waals surface area contributed by atoms with E-state index in [0.29, 0.717) is 10.5 Å². The van der Waals surface area contributed by atoms with Gasteiger partial charge in [-0.25, -0.2) is 0 Å². The Balaban J connectivity index is 1.92. The van der Waals surface area contributed by atoms with Gasteiger partial charge in [0, 0.05) is 21.3 Å². The predicted molar refractivity (Wildman–Crippen MR) is 43.4 cm³/mol. The summed E-state index contributed by atoms with van der Waals surface area (Å²) < 4.78 is 11.1. The van der Waals surface area contributed by atoms with Crippen molar-refractivity contribution in [1.82, 2.24) is 0 Å². The Morgan fingerprint density at radius 3 is 1.90 bits per heavy atom. The second-order valence-electron chi connectivity index (χ2n) is 3.40. The van der Waals surface area contributed by atoms with Crippen molar-refractivity contribution in [3.05, 3.63) is 0 Å². The van der Waals surface area contributed by atoms with Crippen LogP contribution in [0.4, 0.5) is 0 Å². The van der Waals surface area contributed by atoms with E-state index in [9.17, 15) is 4.21 Å². The van der Waals surface area contributed by atoms with Crippen molar-refractivity contribution in [2.24, 2.45) is 0 Å². The highest BCUT2D eigenvalue weighted by atomic mass is 32.2. The van der Waals surface area contributed by atoms with Gasteiger partial charge in [-0.2, -0.15) is 0 Å². The summed E-state index contributed by atoms with van der Waals surface area (Å²) in [6, 6.07) is 0. The maximum atomic E-state index is 11.1. The molecule has 2 aliphatic rings. The van der Waals surface area contributed by atoms with E-state index in [4.69, 9.17) is 0 Å². The van der Waals surface area contributed by atoms with E-state index in [2.05, 4.69) is 0 Å². The normalized spacial score (nSPS) is 47.0. The van der Waals surface area contributed by atoms with Crippen LogP contribution in [0.15, 0.2) is 0 Å². The largest absolute Gasteiger partial charge is 0.259 e. The third-order valence-electron chi connectivity index (χ3n) is 2.66. The lowest BCUT2D eigenvalue weighted by atomic mass is 10.0. The number of hydrogen-bond acceptors (Lipinski definition) is 1. The first kappa shape index (κ1) is 6.84.